The van der Waals surface area contributed by atoms with Gasteiger partial charge in [0, 0.05) is 18.0 Å². The number of carboxylic acids is 1. The largest absolute Gasteiger partial charge is 0.481 e. The summed E-state index contributed by atoms with van der Waals surface area (Å²) >= 11 is 0. The molecule has 2 amide bonds. The summed E-state index contributed by atoms with van der Waals surface area (Å²) in [7, 11) is 0. The van der Waals surface area contributed by atoms with E-state index in [9.17, 15) is 14.4 Å². The highest BCUT2D eigenvalue weighted by Crippen LogP contribution is 2.73. The molecule has 7 heteroatoms. The fraction of sp³-hybridized carbons (Fsp3) is 0.464. The van der Waals surface area contributed by atoms with Gasteiger partial charge < -0.3 is 20.5 Å². The first-order valence-corrected chi connectivity index (χ1v) is 12.3. The third-order valence-corrected chi connectivity index (χ3v) is 8.20. The Morgan fingerprint density at radius 2 is 1.63 bits per heavy atom. The van der Waals surface area contributed by atoms with E-state index in [2.05, 4.69) is 34.9 Å². The number of rotatable bonds is 8. The maximum atomic E-state index is 13.3. The summed E-state index contributed by atoms with van der Waals surface area (Å²) < 4.78 is 5.66. The van der Waals surface area contributed by atoms with Crippen molar-refractivity contribution in [3.8, 4) is 11.1 Å². The molecule has 3 aliphatic rings. The first kappa shape index (κ1) is 23.4. The summed E-state index contributed by atoms with van der Waals surface area (Å²) in [4.78, 5) is 37.2. The molecule has 0 aliphatic heterocycles. The SMILES string of the molecule is CC(C)(CC(=O)O)NC(=O)C1(CNC(=O)OCC2c3ccccc3-c3ccccc32)CC12CCC2. The number of nitrogens with one attached hydrogen (secondary N) is 2. The molecular formula is C28H32N2O5. The zero-order valence-electron chi connectivity index (χ0n) is 20.2. The number of carbonyl (C=O) groups is 3. The van der Waals surface area contributed by atoms with Crippen molar-refractivity contribution in [2.75, 3.05) is 13.2 Å². The third kappa shape index (κ3) is 4.07. The van der Waals surface area contributed by atoms with Crippen molar-refractivity contribution >= 4 is 18.0 Å². The van der Waals surface area contributed by atoms with Gasteiger partial charge in [0.25, 0.3) is 0 Å². The molecule has 0 aromatic heterocycles. The van der Waals surface area contributed by atoms with Crippen LogP contribution in [0, 0.1) is 10.8 Å². The normalized spacial score (nSPS) is 21.4. The highest BCUT2D eigenvalue weighted by atomic mass is 16.5. The number of hydrogen-bond donors (Lipinski definition) is 3. The summed E-state index contributed by atoms with van der Waals surface area (Å²) in [6.07, 6.45) is 2.97. The summed E-state index contributed by atoms with van der Waals surface area (Å²) in [5.74, 6) is -1.17. The molecule has 0 heterocycles. The molecule has 3 N–H and O–H groups in total. The molecule has 3 aliphatic carbocycles. The second-order valence-corrected chi connectivity index (χ2v) is 11.0. The highest BCUT2D eigenvalue weighted by molar-refractivity contribution is 5.89. The van der Waals surface area contributed by atoms with Gasteiger partial charge in [-0.15, -0.1) is 0 Å². The molecule has 0 radical (unpaired) electrons. The summed E-state index contributed by atoms with van der Waals surface area (Å²) in [5.41, 5.74) is 2.97. The van der Waals surface area contributed by atoms with Crippen LogP contribution >= 0.6 is 0 Å². The Hall–Kier alpha value is -3.35. The Balaban J connectivity index is 1.23. The molecule has 7 nitrogen and oxygen atoms in total. The number of fused-ring (bicyclic) bond motifs is 3. The van der Waals surface area contributed by atoms with E-state index in [1.54, 1.807) is 13.8 Å². The van der Waals surface area contributed by atoms with Crippen molar-refractivity contribution in [3.63, 3.8) is 0 Å². The highest BCUT2D eigenvalue weighted by Gasteiger charge is 2.73. The van der Waals surface area contributed by atoms with Crippen molar-refractivity contribution in [3.05, 3.63) is 59.7 Å². The van der Waals surface area contributed by atoms with Gasteiger partial charge in [-0.05, 0) is 60.8 Å². The minimum absolute atomic E-state index is 0.0267. The van der Waals surface area contributed by atoms with Crippen LogP contribution in [0.4, 0.5) is 4.79 Å². The fourth-order valence-electron chi connectivity index (χ4n) is 6.17. The van der Waals surface area contributed by atoms with E-state index >= 15 is 0 Å². The van der Waals surface area contributed by atoms with E-state index in [0.717, 1.165) is 30.4 Å². The number of carbonyl (C=O) groups excluding carboxylic acids is 2. The minimum atomic E-state index is -0.963. The second-order valence-electron chi connectivity index (χ2n) is 11.0. The number of hydrogen-bond acceptors (Lipinski definition) is 4. The fourth-order valence-corrected chi connectivity index (χ4v) is 6.17. The van der Waals surface area contributed by atoms with E-state index in [1.165, 1.54) is 11.1 Å². The summed E-state index contributed by atoms with van der Waals surface area (Å²) in [5, 5.41) is 14.9. The Kier molecular flexibility index (Phi) is 5.61. The molecule has 0 bridgehead atoms. The maximum Gasteiger partial charge on any atom is 0.407 e. The van der Waals surface area contributed by atoms with Crippen LogP contribution in [-0.4, -0.2) is 41.8 Å². The predicted molar refractivity (Wildman–Crippen MR) is 131 cm³/mol. The van der Waals surface area contributed by atoms with Crippen LogP contribution in [0.2, 0.25) is 0 Å². The molecule has 2 aromatic carbocycles. The summed E-state index contributed by atoms with van der Waals surface area (Å²) in [6, 6.07) is 16.4. The predicted octanol–water partition coefficient (Wildman–Crippen LogP) is 4.46. The van der Waals surface area contributed by atoms with Gasteiger partial charge >= 0.3 is 12.1 Å². The van der Waals surface area contributed by atoms with Crippen molar-refractivity contribution < 1.29 is 24.2 Å². The van der Waals surface area contributed by atoms with E-state index in [1.807, 2.05) is 24.3 Å². The van der Waals surface area contributed by atoms with Crippen molar-refractivity contribution in [1.82, 2.24) is 10.6 Å². The molecule has 1 spiro atoms. The van der Waals surface area contributed by atoms with Crippen LogP contribution < -0.4 is 10.6 Å². The van der Waals surface area contributed by atoms with E-state index < -0.39 is 23.0 Å². The first-order valence-electron chi connectivity index (χ1n) is 12.3. The molecule has 1 atom stereocenters. The number of amides is 2. The topological polar surface area (TPSA) is 105 Å². The Morgan fingerprint density at radius 1 is 1.03 bits per heavy atom. The van der Waals surface area contributed by atoms with Crippen LogP contribution in [-0.2, 0) is 14.3 Å². The van der Waals surface area contributed by atoms with Gasteiger partial charge in [0.15, 0.2) is 0 Å². The van der Waals surface area contributed by atoms with Crippen molar-refractivity contribution in [2.24, 2.45) is 10.8 Å². The Bertz CT molecular complexity index is 1140. The van der Waals surface area contributed by atoms with Gasteiger partial charge in [0.05, 0.1) is 11.8 Å². The van der Waals surface area contributed by atoms with Gasteiger partial charge in [-0.1, -0.05) is 55.0 Å². The lowest BCUT2D eigenvalue weighted by Gasteiger charge is -2.35. The lowest BCUT2D eigenvalue weighted by molar-refractivity contribution is -0.139. The van der Waals surface area contributed by atoms with Crippen molar-refractivity contribution in [1.29, 1.82) is 0 Å². The zero-order valence-corrected chi connectivity index (χ0v) is 20.2. The van der Waals surface area contributed by atoms with E-state index in [-0.39, 0.29) is 36.8 Å². The minimum Gasteiger partial charge on any atom is -0.481 e. The lowest BCUT2D eigenvalue weighted by Crippen LogP contribution is -2.52. The molecule has 0 saturated heterocycles. The molecular weight excluding hydrogens is 444 g/mol. The Labute approximate surface area is 205 Å². The van der Waals surface area contributed by atoms with Gasteiger partial charge in [-0.25, -0.2) is 4.79 Å². The number of alkyl carbamates (subject to hydrolysis) is 1. The molecule has 2 saturated carbocycles. The molecule has 1 unspecified atom stereocenters. The second kappa shape index (κ2) is 8.40. The van der Waals surface area contributed by atoms with Crippen LogP contribution in [0.5, 0.6) is 0 Å². The molecule has 5 rings (SSSR count). The van der Waals surface area contributed by atoms with Crippen LogP contribution in [0.1, 0.15) is 63.0 Å². The zero-order chi connectivity index (χ0) is 24.8. The standard InChI is InChI=1S/C28H32N2O5/c1-26(2,14-23(31)32)30-24(33)28(16-27(28)12-7-13-27)17-29-25(34)35-15-22-20-10-5-3-8-18(20)19-9-4-6-11-21(19)22/h3-6,8-11,22H,7,12-17H2,1-2H3,(H,29,34)(H,30,33)(H,31,32). The first-order chi connectivity index (χ1) is 16.7. The van der Waals surface area contributed by atoms with Crippen LogP contribution in [0.3, 0.4) is 0 Å². The number of benzene rings is 2. The quantitative estimate of drug-likeness (QED) is 0.522. The van der Waals surface area contributed by atoms with Gasteiger partial charge in [0.1, 0.15) is 6.61 Å². The average molecular weight is 477 g/mol. The molecule has 184 valence electrons. The maximum absolute atomic E-state index is 13.3. The van der Waals surface area contributed by atoms with Gasteiger partial charge in [-0.2, -0.15) is 0 Å². The monoisotopic (exact) mass is 476 g/mol. The smallest absolute Gasteiger partial charge is 0.407 e. The van der Waals surface area contributed by atoms with E-state index in [0.29, 0.717) is 6.42 Å². The average Bonchev–Trinajstić information content (AvgIpc) is 3.40. The molecule has 2 aromatic rings. The number of carboxylic acid groups (broad SMARTS) is 1. The van der Waals surface area contributed by atoms with Crippen LogP contribution in [0.25, 0.3) is 11.1 Å². The number of aliphatic carboxylic acids is 1. The van der Waals surface area contributed by atoms with Gasteiger partial charge in [0.2, 0.25) is 5.91 Å². The van der Waals surface area contributed by atoms with E-state index in [4.69, 9.17) is 9.84 Å². The Morgan fingerprint density at radius 3 is 2.14 bits per heavy atom. The van der Waals surface area contributed by atoms with Crippen molar-refractivity contribution in [2.45, 2.75) is 57.4 Å². The van der Waals surface area contributed by atoms with Crippen LogP contribution in [0.15, 0.2) is 48.5 Å². The number of ether oxygens (including phenoxy) is 1. The summed E-state index contributed by atoms with van der Waals surface area (Å²) in [6.45, 7) is 3.83. The third-order valence-electron chi connectivity index (χ3n) is 8.20. The van der Waals surface area contributed by atoms with Gasteiger partial charge in [-0.3, -0.25) is 9.59 Å². The lowest BCUT2D eigenvalue weighted by atomic mass is 9.74. The molecule has 2 fully saturated rings. The molecule has 35 heavy (non-hydrogen) atoms.